The van der Waals surface area contributed by atoms with Gasteiger partial charge in [-0.05, 0) is 25.1 Å². The van der Waals surface area contributed by atoms with E-state index in [1.54, 1.807) is 6.07 Å². The average Bonchev–Trinajstić information content (AvgIpc) is 2.37. The highest BCUT2D eigenvalue weighted by Crippen LogP contribution is 2.32. The molecule has 0 aromatic heterocycles. The summed E-state index contributed by atoms with van der Waals surface area (Å²) < 4.78 is 0. The molecule has 0 fully saturated rings. The Hall–Kier alpha value is -1.33. The van der Waals surface area contributed by atoms with Gasteiger partial charge >= 0.3 is 0 Å². The molecule has 1 atom stereocenters. The van der Waals surface area contributed by atoms with E-state index in [4.69, 9.17) is 5.73 Å². The van der Waals surface area contributed by atoms with Gasteiger partial charge in [0, 0.05) is 16.4 Å². The molecule has 0 radical (unpaired) electrons. The fourth-order valence-electron chi connectivity index (χ4n) is 1.90. The van der Waals surface area contributed by atoms with Crippen LogP contribution < -0.4 is 11.1 Å². The smallest absolute Gasteiger partial charge is 0.234 e. The Morgan fingerprint density at radius 1 is 1.56 bits per heavy atom. The first-order chi connectivity index (χ1) is 8.61. The van der Waals surface area contributed by atoms with Gasteiger partial charge in [0.25, 0.3) is 0 Å². The van der Waals surface area contributed by atoms with Crippen molar-refractivity contribution in [1.29, 1.82) is 0 Å². The zero-order valence-corrected chi connectivity index (χ0v) is 11.0. The first-order valence-electron chi connectivity index (χ1n) is 5.93. The standard InChI is InChI=1S/C13H16N2O2S/c1-8(4-5-14)13(17)9-2-3-11-10(6-9)15-12(16)7-18-11/h2-3,6,8H,4-5,7,14H2,1H3,(H,15,16). The Morgan fingerprint density at radius 2 is 2.33 bits per heavy atom. The Labute approximate surface area is 110 Å². The van der Waals surface area contributed by atoms with E-state index in [-0.39, 0.29) is 17.6 Å². The number of thioether (sulfide) groups is 1. The van der Waals surface area contributed by atoms with Gasteiger partial charge < -0.3 is 11.1 Å². The number of hydrogen-bond acceptors (Lipinski definition) is 4. The molecule has 1 aliphatic heterocycles. The maximum Gasteiger partial charge on any atom is 0.234 e. The molecule has 1 unspecified atom stereocenters. The van der Waals surface area contributed by atoms with Crippen LogP contribution in [0.3, 0.4) is 0 Å². The maximum absolute atomic E-state index is 12.1. The molecule has 0 bridgehead atoms. The summed E-state index contributed by atoms with van der Waals surface area (Å²) in [5, 5.41) is 2.79. The summed E-state index contributed by atoms with van der Waals surface area (Å²) in [5.41, 5.74) is 6.84. The molecule has 5 heteroatoms. The van der Waals surface area contributed by atoms with Gasteiger partial charge in [-0.15, -0.1) is 11.8 Å². The van der Waals surface area contributed by atoms with Crippen LogP contribution in [0.15, 0.2) is 23.1 Å². The molecule has 96 valence electrons. The van der Waals surface area contributed by atoms with Crippen LogP contribution in [0.2, 0.25) is 0 Å². The molecule has 3 N–H and O–H groups in total. The first-order valence-corrected chi connectivity index (χ1v) is 6.91. The third-order valence-corrected chi connectivity index (χ3v) is 4.02. The number of anilines is 1. The number of amides is 1. The highest BCUT2D eigenvalue weighted by molar-refractivity contribution is 8.00. The lowest BCUT2D eigenvalue weighted by molar-refractivity contribution is -0.113. The van der Waals surface area contributed by atoms with Gasteiger partial charge in [-0.2, -0.15) is 0 Å². The van der Waals surface area contributed by atoms with Crippen LogP contribution in [0, 0.1) is 5.92 Å². The van der Waals surface area contributed by atoms with Crippen LogP contribution in [0.1, 0.15) is 23.7 Å². The molecule has 1 heterocycles. The Balaban J connectivity index is 2.22. The van der Waals surface area contributed by atoms with Gasteiger partial charge in [0.15, 0.2) is 5.78 Å². The van der Waals surface area contributed by atoms with Crippen molar-refractivity contribution >= 4 is 29.1 Å². The normalized spacial score (nSPS) is 15.8. The predicted octanol–water partition coefficient (Wildman–Crippen LogP) is 1.90. The van der Waals surface area contributed by atoms with Crippen LogP contribution in [0.25, 0.3) is 0 Å². The molecule has 1 aromatic rings. The van der Waals surface area contributed by atoms with Crippen LogP contribution >= 0.6 is 11.8 Å². The first kappa shape index (κ1) is 13.1. The number of nitrogens with two attached hydrogens (primary N) is 1. The summed E-state index contributed by atoms with van der Waals surface area (Å²) in [5.74, 6) is 0.407. The van der Waals surface area contributed by atoms with Crippen LogP contribution in [-0.4, -0.2) is 24.0 Å². The van der Waals surface area contributed by atoms with Crippen molar-refractivity contribution in [2.45, 2.75) is 18.2 Å². The highest BCUT2D eigenvalue weighted by Gasteiger charge is 2.19. The molecule has 1 aromatic carbocycles. The number of ketones is 1. The van der Waals surface area contributed by atoms with E-state index in [1.807, 2.05) is 19.1 Å². The van der Waals surface area contributed by atoms with Gasteiger partial charge in [-0.1, -0.05) is 13.0 Å². The molecule has 0 aliphatic carbocycles. The largest absolute Gasteiger partial charge is 0.330 e. The third kappa shape index (κ3) is 2.73. The highest BCUT2D eigenvalue weighted by atomic mass is 32.2. The minimum atomic E-state index is -0.0833. The zero-order valence-electron chi connectivity index (χ0n) is 10.2. The molecule has 4 nitrogen and oxygen atoms in total. The Morgan fingerprint density at radius 3 is 3.06 bits per heavy atom. The number of fused-ring (bicyclic) bond motifs is 1. The van der Waals surface area contributed by atoms with Crippen molar-refractivity contribution in [2.75, 3.05) is 17.6 Å². The van der Waals surface area contributed by atoms with Crippen molar-refractivity contribution in [1.82, 2.24) is 0 Å². The molecule has 1 amide bonds. The van der Waals surface area contributed by atoms with Crippen LogP contribution in [0.5, 0.6) is 0 Å². The van der Waals surface area contributed by atoms with Crippen molar-refractivity contribution < 1.29 is 9.59 Å². The number of rotatable bonds is 4. The second-order valence-corrected chi connectivity index (χ2v) is 5.41. The van der Waals surface area contributed by atoms with E-state index >= 15 is 0 Å². The summed E-state index contributed by atoms with van der Waals surface area (Å²) in [7, 11) is 0. The van der Waals surface area contributed by atoms with Gasteiger partial charge in [-0.3, -0.25) is 9.59 Å². The number of hydrogen-bond donors (Lipinski definition) is 2. The molecule has 2 rings (SSSR count). The summed E-state index contributed by atoms with van der Waals surface area (Å²) in [4.78, 5) is 24.4. The van der Waals surface area contributed by atoms with Crippen molar-refractivity contribution in [3.63, 3.8) is 0 Å². The fourth-order valence-corrected chi connectivity index (χ4v) is 2.69. The maximum atomic E-state index is 12.1. The number of carbonyl (C=O) groups excluding carboxylic acids is 2. The van der Waals surface area contributed by atoms with Gasteiger partial charge in [0.05, 0.1) is 11.4 Å². The third-order valence-electron chi connectivity index (χ3n) is 2.94. The van der Waals surface area contributed by atoms with Gasteiger partial charge in [-0.25, -0.2) is 0 Å². The topological polar surface area (TPSA) is 72.2 Å². The Kier molecular flexibility index (Phi) is 4.04. The lowest BCUT2D eigenvalue weighted by atomic mass is 9.96. The number of carbonyl (C=O) groups is 2. The van der Waals surface area contributed by atoms with Crippen molar-refractivity contribution in [3.05, 3.63) is 23.8 Å². The van der Waals surface area contributed by atoms with E-state index in [9.17, 15) is 9.59 Å². The van der Waals surface area contributed by atoms with Gasteiger partial charge in [0.2, 0.25) is 5.91 Å². The minimum Gasteiger partial charge on any atom is -0.330 e. The number of nitrogens with one attached hydrogen (secondary N) is 1. The van der Waals surface area contributed by atoms with Gasteiger partial charge in [0.1, 0.15) is 0 Å². The lowest BCUT2D eigenvalue weighted by Crippen LogP contribution is -2.20. The molecular formula is C13H16N2O2S. The second-order valence-electron chi connectivity index (χ2n) is 4.39. The number of benzene rings is 1. The minimum absolute atomic E-state index is 0.0212. The number of Topliss-reactive ketones (excluding diaryl/α,β-unsaturated/α-hetero) is 1. The Bertz CT molecular complexity index is 488. The summed E-state index contributed by atoms with van der Waals surface area (Å²) in [6.45, 7) is 2.38. The molecule has 18 heavy (non-hydrogen) atoms. The van der Waals surface area contributed by atoms with E-state index in [1.165, 1.54) is 11.8 Å². The van der Waals surface area contributed by atoms with Crippen LogP contribution in [-0.2, 0) is 4.79 Å². The van der Waals surface area contributed by atoms with E-state index in [2.05, 4.69) is 5.32 Å². The molecule has 1 aliphatic rings. The summed E-state index contributed by atoms with van der Waals surface area (Å²) in [6, 6.07) is 5.47. The summed E-state index contributed by atoms with van der Waals surface area (Å²) in [6.07, 6.45) is 0.678. The lowest BCUT2D eigenvalue weighted by Gasteiger charge is -2.17. The molecular weight excluding hydrogens is 248 g/mol. The molecule has 0 saturated carbocycles. The zero-order chi connectivity index (χ0) is 13.1. The SMILES string of the molecule is CC(CCN)C(=O)c1ccc2c(c1)NC(=O)CS2. The van der Waals surface area contributed by atoms with Crippen molar-refractivity contribution in [2.24, 2.45) is 11.7 Å². The summed E-state index contributed by atoms with van der Waals surface area (Å²) >= 11 is 1.49. The van der Waals surface area contributed by atoms with E-state index in [0.29, 0.717) is 24.3 Å². The fraction of sp³-hybridized carbons (Fsp3) is 0.385. The van der Waals surface area contributed by atoms with Crippen LogP contribution in [0.4, 0.5) is 5.69 Å². The average molecular weight is 264 g/mol. The molecule has 0 spiro atoms. The van der Waals surface area contributed by atoms with E-state index < -0.39 is 0 Å². The second kappa shape index (κ2) is 5.54. The predicted molar refractivity (Wildman–Crippen MR) is 73.0 cm³/mol. The van der Waals surface area contributed by atoms with Crippen molar-refractivity contribution in [3.8, 4) is 0 Å². The molecule has 0 saturated heterocycles. The van der Waals surface area contributed by atoms with E-state index in [0.717, 1.165) is 10.6 Å². The quantitative estimate of drug-likeness (QED) is 0.815. The monoisotopic (exact) mass is 264 g/mol.